The lowest BCUT2D eigenvalue weighted by atomic mass is 9.95. The van der Waals surface area contributed by atoms with Crippen LogP contribution in [-0.4, -0.2) is 43.7 Å². The van der Waals surface area contributed by atoms with Gasteiger partial charge >= 0.3 is 5.97 Å². The maximum Gasteiger partial charge on any atom is 0.341 e. The van der Waals surface area contributed by atoms with Crippen LogP contribution in [0.2, 0.25) is 0 Å². The van der Waals surface area contributed by atoms with Crippen molar-refractivity contribution in [1.29, 1.82) is 0 Å². The first kappa shape index (κ1) is 19.8. The summed E-state index contributed by atoms with van der Waals surface area (Å²) in [5, 5.41) is 3.78. The molecule has 10 heteroatoms. The Morgan fingerprint density at radius 3 is 2.97 bits per heavy atom. The summed E-state index contributed by atoms with van der Waals surface area (Å²) in [7, 11) is 0. The molecule has 0 saturated heterocycles. The maximum atomic E-state index is 12.9. The SMILES string of the molecule is CCOC(=O)c1c(NC(=O)C(C)Sc2ncnc3nc[nH]c23)sc2c1CCCC2. The van der Waals surface area contributed by atoms with Gasteiger partial charge in [-0.3, -0.25) is 4.79 Å². The summed E-state index contributed by atoms with van der Waals surface area (Å²) in [5.74, 6) is -0.553. The third kappa shape index (κ3) is 3.99. The van der Waals surface area contributed by atoms with Crippen molar-refractivity contribution in [2.75, 3.05) is 11.9 Å². The Labute approximate surface area is 175 Å². The molecule has 1 aliphatic carbocycles. The van der Waals surface area contributed by atoms with Gasteiger partial charge in [0.1, 0.15) is 21.9 Å². The predicted molar refractivity (Wildman–Crippen MR) is 113 cm³/mol. The van der Waals surface area contributed by atoms with Gasteiger partial charge in [-0.2, -0.15) is 0 Å². The number of aromatic nitrogens is 4. The molecule has 0 fully saturated rings. The molecule has 1 unspecified atom stereocenters. The van der Waals surface area contributed by atoms with E-state index in [2.05, 4.69) is 25.3 Å². The standard InChI is InChI=1S/C19H21N5O3S2/c1-3-27-19(26)13-11-6-4-5-7-12(11)29-17(13)24-16(25)10(2)28-18-14-15(21-8-20-14)22-9-23-18/h8-10H,3-7H2,1-2H3,(H,24,25)(H,20,21,22,23). The van der Waals surface area contributed by atoms with Crippen LogP contribution in [0.3, 0.4) is 0 Å². The first-order valence-electron chi connectivity index (χ1n) is 9.51. The number of imidazole rings is 1. The Balaban J connectivity index is 1.55. The van der Waals surface area contributed by atoms with Crippen LogP contribution in [0.5, 0.6) is 0 Å². The second-order valence-corrected chi connectivity index (χ2v) is 9.10. The van der Waals surface area contributed by atoms with Crippen LogP contribution in [0.1, 0.15) is 47.5 Å². The van der Waals surface area contributed by atoms with E-state index >= 15 is 0 Å². The highest BCUT2D eigenvalue weighted by atomic mass is 32.2. The van der Waals surface area contributed by atoms with Crippen LogP contribution < -0.4 is 5.32 Å². The zero-order valence-corrected chi connectivity index (χ0v) is 17.8. The molecule has 0 saturated carbocycles. The van der Waals surface area contributed by atoms with Gasteiger partial charge in [-0.25, -0.2) is 19.7 Å². The minimum absolute atomic E-state index is 0.189. The second-order valence-electron chi connectivity index (χ2n) is 6.66. The van der Waals surface area contributed by atoms with E-state index in [4.69, 9.17) is 4.74 Å². The van der Waals surface area contributed by atoms with Crippen LogP contribution in [0.4, 0.5) is 5.00 Å². The van der Waals surface area contributed by atoms with E-state index in [-0.39, 0.29) is 11.9 Å². The summed E-state index contributed by atoms with van der Waals surface area (Å²) < 4.78 is 5.25. The van der Waals surface area contributed by atoms with Crippen molar-refractivity contribution >= 4 is 51.1 Å². The van der Waals surface area contributed by atoms with Crippen molar-refractivity contribution in [2.24, 2.45) is 0 Å². The van der Waals surface area contributed by atoms with Gasteiger partial charge in [0, 0.05) is 4.88 Å². The Bertz CT molecular complexity index is 1060. The number of aromatic amines is 1. The first-order valence-corrected chi connectivity index (χ1v) is 11.2. The molecule has 3 heterocycles. The topological polar surface area (TPSA) is 110 Å². The molecule has 4 rings (SSSR count). The fourth-order valence-electron chi connectivity index (χ4n) is 3.34. The molecule has 3 aromatic heterocycles. The number of carbonyl (C=O) groups is 2. The number of nitrogens with zero attached hydrogens (tertiary/aromatic N) is 3. The van der Waals surface area contributed by atoms with E-state index in [0.717, 1.165) is 31.2 Å². The Kier molecular flexibility index (Phi) is 5.81. The fraction of sp³-hybridized carbons (Fsp3) is 0.421. The normalized spacial score (nSPS) is 14.4. The number of H-pyrrole nitrogens is 1. The van der Waals surface area contributed by atoms with Crippen molar-refractivity contribution < 1.29 is 14.3 Å². The maximum absolute atomic E-state index is 12.9. The fourth-order valence-corrected chi connectivity index (χ4v) is 5.50. The van der Waals surface area contributed by atoms with Crippen molar-refractivity contribution in [3.05, 3.63) is 28.7 Å². The van der Waals surface area contributed by atoms with Crippen molar-refractivity contribution in [2.45, 2.75) is 49.8 Å². The van der Waals surface area contributed by atoms with Gasteiger partial charge in [0.15, 0.2) is 5.65 Å². The number of nitrogens with one attached hydrogen (secondary N) is 2. The van der Waals surface area contributed by atoms with Gasteiger partial charge in [-0.05, 0) is 45.1 Å². The zero-order valence-electron chi connectivity index (χ0n) is 16.2. The Hall–Kier alpha value is -2.46. The van der Waals surface area contributed by atoms with E-state index in [9.17, 15) is 9.59 Å². The lowest BCUT2D eigenvalue weighted by Crippen LogP contribution is -2.23. The molecule has 0 aliphatic heterocycles. The van der Waals surface area contributed by atoms with E-state index in [1.54, 1.807) is 13.3 Å². The van der Waals surface area contributed by atoms with E-state index in [0.29, 0.717) is 33.4 Å². The highest BCUT2D eigenvalue weighted by Gasteiger charge is 2.28. The highest BCUT2D eigenvalue weighted by molar-refractivity contribution is 8.00. The van der Waals surface area contributed by atoms with Crippen molar-refractivity contribution in [3.8, 4) is 0 Å². The van der Waals surface area contributed by atoms with E-state index in [1.807, 2.05) is 6.92 Å². The van der Waals surface area contributed by atoms with Crippen LogP contribution in [0, 0.1) is 0 Å². The molecular weight excluding hydrogens is 410 g/mol. The summed E-state index contributed by atoms with van der Waals surface area (Å²) in [6.45, 7) is 3.89. The molecule has 8 nitrogen and oxygen atoms in total. The van der Waals surface area contributed by atoms with Gasteiger partial charge in [-0.1, -0.05) is 11.8 Å². The van der Waals surface area contributed by atoms with E-state index in [1.165, 1.54) is 34.3 Å². The summed E-state index contributed by atoms with van der Waals surface area (Å²) in [4.78, 5) is 42.1. The number of thiophene rings is 1. The van der Waals surface area contributed by atoms with Gasteiger partial charge in [0.05, 0.1) is 23.7 Å². The molecular formula is C19H21N5O3S2. The molecule has 1 aliphatic rings. The number of carbonyl (C=O) groups excluding carboxylic acids is 2. The number of fused-ring (bicyclic) bond motifs is 2. The van der Waals surface area contributed by atoms with Crippen LogP contribution in [0.25, 0.3) is 11.2 Å². The third-order valence-electron chi connectivity index (χ3n) is 4.73. The highest BCUT2D eigenvalue weighted by Crippen LogP contribution is 2.39. The third-order valence-corrected chi connectivity index (χ3v) is 7.04. The molecule has 0 radical (unpaired) electrons. The molecule has 152 valence electrons. The van der Waals surface area contributed by atoms with Crippen molar-refractivity contribution in [1.82, 2.24) is 19.9 Å². The average Bonchev–Trinajstić information content (AvgIpc) is 3.32. The Morgan fingerprint density at radius 2 is 2.14 bits per heavy atom. The summed E-state index contributed by atoms with van der Waals surface area (Å²) in [6, 6.07) is 0. The second kappa shape index (κ2) is 8.50. The van der Waals surface area contributed by atoms with E-state index < -0.39 is 5.25 Å². The van der Waals surface area contributed by atoms with Gasteiger partial charge in [0.25, 0.3) is 0 Å². The molecule has 1 atom stereocenters. The Morgan fingerprint density at radius 1 is 1.31 bits per heavy atom. The largest absolute Gasteiger partial charge is 0.462 e. The zero-order chi connectivity index (χ0) is 20.4. The average molecular weight is 432 g/mol. The number of hydrogen-bond acceptors (Lipinski definition) is 8. The number of thioether (sulfide) groups is 1. The molecule has 0 bridgehead atoms. The lowest BCUT2D eigenvalue weighted by Gasteiger charge is -2.13. The summed E-state index contributed by atoms with van der Waals surface area (Å²) >= 11 is 2.81. The van der Waals surface area contributed by atoms with Crippen LogP contribution in [0.15, 0.2) is 17.7 Å². The van der Waals surface area contributed by atoms with Crippen molar-refractivity contribution in [3.63, 3.8) is 0 Å². The number of hydrogen-bond donors (Lipinski definition) is 2. The summed E-state index contributed by atoms with van der Waals surface area (Å²) in [5.41, 5.74) is 2.82. The predicted octanol–water partition coefficient (Wildman–Crippen LogP) is 3.59. The lowest BCUT2D eigenvalue weighted by molar-refractivity contribution is -0.115. The number of anilines is 1. The molecule has 0 aromatic carbocycles. The number of ether oxygens (including phenoxy) is 1. The number of rotatable bonds is 6. The van der Waals surface area contributed by atoms with Gasteiger partial charge in [-0.15, -0.1) is 11.3 Å². The first-order chi connectivity index (χ1) is 14.1. The number of esters is 1. The molecule has 2 N–H and O–H groups in total. The van der Waals surface area contributed by atoms with Gasteiger partial charge < -0.3 is 15.0 Å². The monoisotopic (exact) mass is 431 g/mol. The number of aryl methyl sites for hydroxylation is 1. The number of amides is 1. The molecule has 1 amide bonds. The van der Waals surface area contributed by atoms with Crippen LogP contribution in [-0.2, 0) is 22.4 Å². The van der Waals surface area contributed by atoms with Gasteiger partial charge in [0.2, 0.25) is 5.91 Å². The summed E-state index contributed by atoms with van der Waals surface area (Å²) in [6.07, 6.45) is 6.91. The van der Waals surface area contributed by atoms with Crippen LogP contribution >= 0.6 is 23.1 Å². The quantitative estimate of drug-likeness (QED) is 0.349. The minimum atomic E-state index is -0.425. The minimum Gasteiger partial charge on any atom is -0.462 e. The molecule has 3 aromatic rings. The molecule has 29 heavy (non-hydrogen) atoms. The smallest absolute Gasteiger partial charge is 0.341 e. The molecule has 0 spiro atoms.